The summed E-state index contributed by atoms with van der Waals surface area (Å²) in [5, 5.41) is 3.54. The number of nitrogens with zero attached hydrogens (tertiary/aromatic N) is 2. The molecule has 1 aromatic rings. The molecular weight excluding hydrogens is 238 g/mol. The Morgan fingerprint density at radius 3 is 2.63 bits per heavy atom. The maximum atomic E-state index is 5.34. The Bertz CT molecular complexity index is 385. The van der Waals surface area contributed by atoms with E-state index in [4.69, 9.17) is 4.74 Å². The van der Waals surface area contributed by atoms with E-state index in [-0.39, 0.29) is 0 Å². The number of rotatable bonds is 7. The Morgan fingerprint density at radius 2 is 2.16 bits per heavy atom. The molecule has 0 saturated heterocycles. The van der Waals surface area contributed by atoms with Crippen LogP contribution in [0, 0.1) is 5.41 Å². The molecule has 0 aromatic carbocycles. The maximum Gasteiger partial charge on any atom is 0.127 e. The van der Waals surface area contributed by atoms with Crippen molar-refractivity contribution in [2.45, 2.75) is 25.8 Å². The van der Waals surface area contributed by atoms with Gasteiger partial charge in [-0.15, -0.1) is 0 Å². The lowest BCUT2D eigenvalue weighted by atomic mass is 9.69. The number of hydrogen-bond acceptors (Lipinski definition) is 4. The number of nitrogens with one attached hydrogen (secondary N) is 1. The second-order valence-corrected chi connectivity index (χ2v) is 5.81. The molecule has 1 aliphatic rings. The van der Waals surface area contributed by atoms with Crippen molar-refractivity contribution in [3.63, 3.8) is 0 Å². The van der Waals surface area contributed by atoms with Gasteiger partial charge in [-0.05, 0) is 24.5 Å². The van der Waals surface area contributed by atoms with Crippen molar-refractivity contribution >= 4 is 5.82 Å². The first-order valence-electron chi connectivity index (χ1n) is 6.97. The Morgan fingerprint density at radius 1 is 1.37 bits per heavy atom. The molecule has 4 heteroatoms. The Kier molecular flexibility index (Phi) is 4.77. The molecular formula is C15H25N3O. The van der Waals surface area contributed by atoms with Gasteiger partial charge in [0.25, 0.3) is 0 Å². The summed E-state index contributed by atoms with van der Waals surface area (Å²) in [5.41, 5.74) is 1.61. The number of methoxy groups -OCH3 is 1. The van der Waals surface area contributed by atoms with Gasteiger partial charge in [-0.1, -0.05) is 12.5 Å². The molecule has 1 aliphatic carbocycles. The van der Waals surface area contributed by atoms with Crippen molar-refractivity contribution in [1.82, 2.24) is 10.3 Å². The molecule has 1 saturated carbocycles. The maximum absolute atomic E-state index is 5.34. The van der Waals surface area contributed by atoms with E-state index in [1.807, 2.05) is 25.2 Å². The van der Waals surface area contributed by atoms with E-state index < -0.39 is 0 Å². The van der Waals surface area contributed by atoms with E-state index in [0.717, 1.165) is 25.5 Å². The monoisotopic (exact) mass is 263 g/mol. The highest BCUT2D eigenvalue weighted by atomic mass is 16.5. The summed E-state index contributed by atoms with van der Waals surface area (Å²) in [6, 6.07) is 4.20. The molecule has 1 aromatic heterocycles. The van der Waals surface area contributed by atoms with E-state index in [0.29, 0.717) is 5.41 Å². The summed E-state index contributed by atoms with van der Waals surface area (Å²) < 4.78 is 5.34. The highest BCUT2D eigenvalue weighted by Gasteiger charge is 2.36. The van der Waals surface area contributed by atoms with Gasteiger partial charge in [0.15, 0.2) is 0 Å². The fraction of sp³-hybridized carbons (Fsp3) is 0.667. The fourth-order valence-corrected chi connectivity index (χ4v) is 2.61. The van der Waals surface area contributed by atoms with Gasteiger partial charge < -0.3 is 15.0 Å². The molecule has 0 aliphatic heterocycles. The van der Waals surface area contributed by atoms with Gasteiger partial charge in [-0.3, -0.25) is 0 Å². The van der Waals surface area contributed by atoms with Crippen molar-refractivity contribution in [1.29, 1.82) is 0 Å². The van der Waals surface area contributed by atoms with E-state index in [1.54, 1.807) is 7.11 Å². The van der Waals surface area contributed by atoms with Crippen LogP contribution in [0.15, 0.2) is 18.3 Å². The average molecular weight is 263 g/mol. The molecule has 19 heavy (non-hydrogen) atoms. The highest BCUT2D eigenvalue weighted by Crippen LogP contribution is 2.40. The van der Waals surface area contributed by atoms with Gasteiger partial charge >= 0.3 is 0 Å². The Labute approximate surface area is 116 Å². The molecule has 0 radical (unpaired) electrons. The van der Waals surface area contributed by atoms with Crippen LogP contribution in [0.2, 0.25) is 0 Å². The van der Waals surface area contributed by atoms with Crippen LogP contribution >= 0.6 is 0 Å². The smallest absolute Gasteiger partial charge is 0.127 e. The van der Waals surface area contributed by atoms with Crippen LogP contribution in [0.25, 0.3) is 0 Å². The molecule has 2 rings (SSSR count). The Balaban J connectivity index is 1.79. The van der Waals surface area contributed by atoms with Gasteiger partial charge in [0.05, 0.1) is 6.61 Å². The van der Waals surface area contributed by atoms with Gasteiger partial charge in [-0.25, -0.2) is 4.98 Å². The second kappa shape index (κ2) is 6.35. The normalized spacial score (nSPS) is 17.0. The molecule has 1 heterocycles. The number of hydrogen-bond donors (Lipinski definition) is 1. The second-order valence-electron chi connectivity index (χ2n) is 5.81. The standard InChI is InChI=1S/C15H25N3O/c1-18(2)14-6-5-13(10-17-14)9-16-11-15(12-19-3)7-4-8-15/h5-6,10,16H,4,7-9,11-12H2,1-3H3. The van der Waals surface area contributed by atoms with Gasteiger partial charge in [0.1, 0.15) is 5.82 Å². The van der Waals surface area contributed by atoms with Gasteiger partial charge in [-0.2, -0.15) is 0 Å². The van der Waals surface area contributed by atoms with E-state index in [2.05, 4.69) is 22.4 Å². The highest BCUT2D eigenvalue weighted by molar-refractivity contribution is 5.37. The summed E-state index contributed by atoms with van der Waals surface area (Å²) >= 11 is 0. The molecule has 0 bridgehead atoms. The fourth-order valence-electron chi connectivity index (χ4n) is 2.61. The van der Waals surface area contributed by atoms with Crippen molar-refractivity contribution < 1.29 is 4.74 Å². The van der Waals surface area contributed by atoms with Crippen molar-refractivity contribution in [2.75, 3.05) is 39.3 Å². The van der Waals surface area contributed by atoms with E-state index >= 15 is 0 Å². The minimum absolute atomic E-state index is 0.381. The summed E-state index contributed by atoms with van der Waals surface area (Å²) in [5.74, 6) is 0.999. The first-order chi connectivity index (χ1) is 9.15. The van der Waals surface area contributed by atoms with Crippen LogP contribution in [-0.4, -0.2) is 39.3 Å². The zero-order valence-corrected chi connectivity index (χ0v) is 12.3. The van der Waals surface area contributed by atoms with Crippen LogP contribution in [-0.2, 0) is 11.3 Å². The summed E-state index contributed by atoms with van der Waals surface area (Å²) in [7, 11) is 5.81. The average Bonchev–Trinajstić information content (AvgIpc) is 2.36. The van der Waals surface area contributed by atoms with Crippen LogP contribution in [0.4, 0.5) is 5.82 Å². The lowest BCUT2D eigenvalue weighted by Crippen LogP contribution is -2.43. The van der Waals surface area contributed by atoms with E-state index in [1.165, 1.54) is 24.8 Å². The minimum Gasteiger partial charge on any atom is -0.384 e. The van der Waals surface area contributed by atoms with Crippen LogP contribution in [0.1, 0.15) is 24.8 Å². The zero-order valence-electron chi connectivity index (χ0n) is 12.3. The summed E-state index contributed by atoms with van der Waals surface area (Å²) in [4.78, 5) is 6.44. The van der Waals surface area contributed by atoms with E-state index in [9.17, 15) is 0 Å². The van der Waals surface area contributed by atoms with Gasteiger partial charge in [0, 0.05) is 45.9 Å². The van der Waals surface area contributed by atoms with Crippen molar-refractivity contribution in [3.8, 4) is 0 Å². The molecule has 106 valence electrons. The number of ether oxygens (including phenoxy) is 1. The van der Waals surface area contributed by atoms with Crippen LogP contribution in [0.3, 0.4) is 0 Å². The first-order valence-corrected chi connectivity index (χ1v) is 6.97. The topological polar surface area (TPSA) is 37.4 Å². The predicted molar refractivity (Wildman–Crippen MR) is 78.4 cm³/mol. The largest absolute Gasteiger partial charge is 0.384 e. The van der Waals surface area contributed by atoms with Gasteiger partial charge in [0.2, 0.25) is 0 Å². The lowest BCUT2D eigenvalue weighted by molar-refractivity contribution is 0.0177. The molecule has 0 spiro atoms. The summed E-state index contributed by atoms with van der Waals surface area (Å²) in [6.45, 7) is 2.79. The summed E-state index contributed by atoms with van der Waals surface area (Å²) in [6.07, 6.45) is 5.85. The molecule has 4 nitrogen and oxygen atoms in total. The predicted octanol–water partition coefficient (Wildman–Crippen LogP) is 2.05. The molecule has 0 unspecified atom stereocenters. The Hall–Kier alpha value is -1.13. The minimum atomic E-state index is 0.381. The zero-order chi connectivity index (χ0) is 13.7. The van der Waals surface area contributed by atoms with Crippen molar-refractivity contribution in [2.24, 2.45) is 5.41 Å². The number of aromatic nitrogens is 1. The number of pyridine rings is 1. The SMILES string of the molecule is COCC1(CNCc2ccc(N(C)C)nc2)CCC1. The third-order valence-corrected chi connectivity index (χ3v) is 3.96. The molecule has 0 amide bonds. The van der Waals surface area contributed by atoms with Crippen LogP contribution < -0.4 is 10.2 Å². The first kappa shape index (κ1) is 14.3. The lowest BCUT2D eigenvalue weighted by Gasteiger charge is -2.41. The molecule has 0 atom stereocenters. The quantitative estimate of drug-likeness (QED) is 0.817. The van der Waals surface area contributed by atoms with Crippen LogP contribution in [0.5, 0.6) is 0 Å². The third kappa shape index (κ3) is 3.67. The molecule has 1 fully saturated rings. The van der Waals surface area contributed by atoms with Crippen molar-refractivity contribution in [3.05, 3.63) is 23.9 Å². The molecule has 1 N–H and O–H groups in total. The third-order valence-electron chi connectivity index (χ3n) is 3.96. The number of anilines is 1.